The Labute approximate surface area is 140 Å². The molecule has 0 radical (unpaired) electrons. The lowest BCUT2D eigenvalue weighted by Gasteiger charge is -2.05. The van der Waals surface area contributed by atoms with Crippen LogP contribution >= 0.6 is 23.7 Å². The zero-order valence-electron chi connectivity index (χ0n) is 12.5. The summed E-state index contributed by atoms with van der Waals surface area (Å²) in [4.78, 5) is 15.4. The number of urea groups is 1. The predicted molar refractivity (Wildman–Crippen MR) is 92.4 cm³/mol. The number of halogens is 1. The molecule has 0 aliphatic heterocycles. The van der Waals surface area contributed by atoms with Crippen molar-refractivity contribution < 1.29 is 4.79 Å². The Bertz CT molecular complexity index is 585. The van der Waals surface area contributed by atoms with Crippen LogP contribution in [0.15, 0.2) is 29.6 Å². The minimum absolute atomic E-state index is 0. The van der Waals surface area contributed by atoms with E-state index in [2.05, 4.69) is 39.9 Å². The van der Waals surface area contributed by atoms with E-state index in [9.17, 15) is 4.79 Å². The highest BCUT2D eigenvalue weighted by Crippen LogP contribution is 2.12. The van der Waals surface area contributed by atoms with Crippen LogP contribution in [0, 0.1) is 6.92 Å². The molecule has 2 amide bonds. The van der Waals surface area contributed by atoms with Crippen molar-refractivity contribution in [1.82, 2.24) is 15.7 Å². The first-order valence-corrected chi connectivity index (χ1v) is 7.78. The van der Waals surface area contributed by atoms with Crippen molar-refractivity contribution in [3.05, 3.63) is 51.5 Å². The van der Waals surface area contributed by atoms with Gasteiger partial charge in [0.2, 0.25) is 0 Å². The zero-order chi connectivity index (χ0) is 15.1. The summed E-state index contributed by atoms with van der Waals surface area (Å²) in [5.41, 5.74) is 5.70. The molecule has 1 aromatic heterocycles. The van der Waals surface area contributed by atoms with Gasteiger partial charge in [0.05, 0.1) is 10.7 Å². The molecule has 22 heavy (non-hydrogen) atoms. The minimum atomic E-state index is -0.356. The van der Waals surface area contributed by atoms with Crippen LogP contribution in [0.2, 0.25) is 0 Å². The molecule has 0 unspecified atom stereocenters. The van der Waals surface area contributed by atoms with E-state index in [-0.39, 0.29) is 18.4 Å². The molecule has 1 aromatic carbocycles. The molecule has 4 N–H and O–H groups in total. The number of hydrogen-bond acceptors (Lipinski definition) is 4. The van der Waals surface area contributed by atoms with Crippen LogP contribution in [0.1, 0.15) is 21.8 Å². The number of carbonyl (C=O) groups is 1. The number of benzene rings is 1. The zero-order valence-corrected chi connectivity index (χ0v) is 14.1. The fourth-order valence-electron chi connectivity index (χ4n) is 2.04. The van der Waals surface area contributed by atoms with Crippen LogP contribution in [0.5, 0.6) is 0 Å². The molecule has 5 nitrogen and oxygen atoms in total. The van der Waals surface area contributed by atoms with Crippen molar-refractivity contribution in [3.8, 4) is 0 Å². The standard InChI is InChI=1S/C15H20N4OS.ClH/c1-11-18-14(10-21-11)7-6-12-2-4-13(5-3-12)8-9-17-15(20)19-16;/h2-5,10H,6-9,16H2,1H3,(H2,17,19,20);1H. The lowest BCUT2D eigenvalue weighted by Crippen LogP contribution is -2.40. The molecule has 0 aliphatic rings. The Hall–Kier alpha value is -1.63. The summed E-state index contributed by atoms with van der Waals surface area (Å²) in [5, 5.41) is 5.90. The van der Waals surface area contributed by atoms with Crippen molar-refractivity contribution in [3.63, 3.8) is 0 Å². The number of amides is 2. The van der Waals surface area contributed by atoms with Crippen molar-refractivity contribution in [2.75, 3.05) is 6.54 Å². The average Bonchev–Trinajstić information content (AvgIpc) is 2.92. The first-order chi connectivity index (χ1) is 10.2. The topological polar surface area (TPSA) is 80.0 Å². The third-order valence-corrected chi connectivity index (χ3v) is 4.01. The van der Waals surface area contributed by atoms with Gasteiger partial charge in [0.15, 0.2) is 0 Å². The number of rotatable bonds is 6. The lowest BCUT2D eigenvalue weighted by atomic mass is 10.0. The van der Waals surface area contributed by atoms with Gasteiger partial charge in [-0.05, 0) is 37.3 Å². The minimum Gasteiger partial charge on any atom is -0.337 e. The van der Waals surface area contributed by atoms with Crippen molar-refractivity contribution >= 4 is 29.8 Å². The molecule has 2 aromatic rings. The molecule has 0 saturated heterocycles. The smallest absolute Gasteiger partial charge is 0.328 e. The largest absolute Gasteiger partial charge is 0.337 e. The third kappa shape index (κ3) is 6.01. The maximum absolute atomic E-state index is 10.9. The Morgan fingerprint density at radius 3 is 2.36 bits per heavy atom. The molecule has 0 atom stereocenters. The molecular formula is C15H21ClN4OS. The molecule has 0 bridgehead atoms. The normalized spacial score (nSPS) is 9.91. The summed E-state index contributed by atoms with van der Waals surface area (Å²) in [6.07, 6.45) is 2.76. The molecule has 7 heteroatoms. The Morgan fingerprint density at radius 2 is 1.82 bits per heavy atom. The van der Waals surface area contributed by atoms with Gasteiger partial charge in [-0.1, -0.05) is 24.3 Å². The van der Waals surface area contributed by atoms with Gasteiger partial charge in [0.25, 0.3) is 0 Å². The van der Waals surface area contributed by atoms with Gasteiger partial charge >= 0.3 is 6.03 Å². The number of aryl methyl sites for hydroxylation is 3. The van der Waals surface area contributed by atoms with E-state index in [4.69, 9.17) is 5.84 Å². The number of aromatic nitrogens is 1. The van der Waals surface area contributed by atoms with Gasteiger partial charge < -0.3 is 5.32 Å². The fraction of sp³-hybridized carbons (Fsp3) is 0.333. The van der Waals surface area contributed by atoms with Gasteiger partial charge in [-0.25, -0.2) is 15.6 Å². The highest BCUT2D eigenvalue weighted by molar-refractivity contribution is 7.09. The number of carbonyl (C=O) groups excluding carboxylic acids is 1. The number of hydrazine groups is 1. The van der Waals surface area contributed by atoms with Crippen LogP contribution in [0.25, 0.3) is 0 Å². The van der Waals surface area contributed by atoms with Gasteiger partial charge in [-0.2, -0.15) is 0 Å². The number of nitrogens with one attached hydrogen (secondary N) is 2. The molecule has 0 aliphatic carbocycles. The van der Waals surface area contributed by atoms with Crippen molar-refractivity contribution in [2.24, 2.45) is 5.84 Å². The number of thiazole rings is 1. The SMILES string of the molecule is Cc1nc(CCc2ccc(CCNC(=O)NN)cc2)cs1.Cl. The molecule has 0 saturated carbocycles. The Morgan fingerprint density at radius 1 is 1.18 bits per heavy atom. The van der Waals surface area contributed by atoms with E-state index in [1.807, 2.05) is 12.3 Å². The van der Waals surface area contributed by atoms with Crippen molar-refractivity contribution in [1.29, 1.82) is 0 Å². The fourth-order valence-corrected chi connectivity index (χ4v) is 2.69. The maximum atomic E-state index is 10.9. The highest BCUT2D eigenvalue weighted by atomic mass is 35.5. The molecule has 1 heterocycles. The first-order valence-electron chi connectivity index (χ1n) is 6.90. The summed E-state index contributed by atoms with van der Waals surface area (Å²) in [6.45, 7) is 2.60. The predicted octanol–water partition coefficient (Wildman–Crippen LogP) is 2.37. The van der Waals surface area contributed by atoms with Crippen molar-refractivity contribution in [2.45, 2.75) is 26.2 Å². The second kappa shape index (κ2) is 9.40. The van der Waals surface area contributed by atoms with Crippen LogP contribution in [0.4, 0.5) is 4.79 Å². The van der Waals surface area contributed by atoms with Crippen LogP contribution in [-0.2, 0) is 19.3 Å². The van der Waals surface area contributed by atoms with Gasteiger partial charge in [0.1, 0.15) is 0 Å². The van der Waals surface area contributed by atoms with Gasteiger partial charge in [-0.3, -0.25) is 5.43 Å². The van der Waals surface area contributed by atoms with E-state index in [1.165, 1.54) is 16.8 Å². The Balaban J connectivity index is 0.00000242. The third-order valence-electron chi connectivity index (χ3n) is 3.19. The number of nitrogens with zero attached hydrogens (tertiary/aromatic N) is 1. The Kier molecular flexibility index (Phi) is 7.87. The summed E-state index contributed by atoms with van der Waals surface area (Å²) < 4.78 is 0. The number of hydrogen-bond donors (Lipinski definition) is 3. The van der Waals surface area contributed by atoms with E-state index in [1.54, 1.807) is 11.3 Å². The van der Waals surface area contributed by atoms with E-state index < -0.39 is 0 Å². The molecule has 2 rings (SSSR count). The molecular weight excluding hydrogens is 320 g/mol. The van der Waals surface area contributed by atoms with Crippen LogP contribution in [0.3, 0.4) is 0 Å². The van der Waals surface area contributed by atoms with Gasteiger partial charge in [-0.15, -0.1) is 23.7 Å². The van der Waals surface area contributed by atoms with Gasteiger partial charge in [0, 0.05) is 11.9 Å². The average molecular weight is 341 g/mol. The lowest BCUT2D eigenvalue weighted by molar-refractivity contribution is 0.241. The molecule has 120 valence electrons. The van der Waals surface area contributed by atoms with Crippen LogP contribution < -0.4 is 16.6 Å². The number of nitrogens with two attached hydrogens (primary N) is 1. The maximum Gasteiger partial charge on any atom is 0.328 e. The molecule has 0 fully saturated rings. The van der Waals surface area contributed by atoms with E-state index in [0.29, 0.717) is 6.54 Å². The highest BCUT2D eigenvalue weighted by Gasteiger charge is 2.01. The second-order valence-corrected chi connectivity index (χ2v) is 5.89. The second-order valence-electron chi connectivity index (χ2n) is 4.82. The monoisotopic (exact) mass is 340 g/mol. The van der Waals surface area contributed by atoms with E-state index >= 15 is 0 Å². The summed E-state index contributed by atoms with van der Waals surface area (Å²) in [6, 6.07) is 8.12. The quantitative estimate of drug-likeness (QED) is 0.429. The summed E-state index contributed by atoms with van der Waals surface area (Å²) in [5.74, 6) is 4.99. The van der Waals surface area contributed by atoms with E-state index in [0.717, 1.165) is 24.3 Å². The van der Waals surface area contributed by atoms with Crippen LogP contribution in [-0.4, -0.2) is 17.6 Å². The summed E-state index contributed by atoms with van der Waals surface area (Å²) >= 11 is 1.70. The first kappa shape index (κ1) is 18.4. The summed E-state index contributed by atoms with van der Waals surface area (Å²) in [7, 11) is 0. The molecule has 0 spiro atoms.